The first kappa shape index (κ1) is 15.9. The Morgan fingerprint density at radius 2 is 2.22 bits per heavy atom. The zero-order valence-corrected chi connectivity index (χ0v) is 12.8. The molecule has 0 heterocycles. The number of hydrogen-bond donors (Lipinski definition) is 3. The summed E-state index contributed by atoms with van der Waals surface area (Å²) in [5.74, 6) is 0. The van der Waals surface area contributed by atoms with Gasteiger partial charge in [0, 0.05) is 34.7 Å². The molecule has 1 rings (SSSR count). The molecule has 0 aromatic heterocycles. The Kier molecular flexibility index (Phi) is 7.19. The summed E-state index contributed by atoms with van der Waals surface area (Å²) in [6.07, 6.45) is 1.70. The van der Waals surface area contributed by atoms with E-state index in [-0.39, 0.29) is 12.6 Å². The van der Waals surface area contributed by atoms with Gasteiger partial charge in [-0.2, -0.15) is 0 Å². The van der Waals surface area contributed by atoms with Crippen molar-refractivity contribution in [2.75, 3.05) is 13.2 Å². The highest BCUT2D eigenvalue weighted by atomic mass is 79.9. The van der Waals surface area contributed by atoms with Gasteiger partial charge >= 0.3 is 0 Å². The molecule has 0 aliphatic rings. The highest BCUT2D eigenvalue weighted by Crippen LogP contribution is 2.26. The Morgan fingerprint density at radius 3 is 2.83 bits per heavy atom. The maximum Gasteiger partial charge on any atom is 0.0461 e. The molecule has 0 bridgehead atoms. The van der Waals surface area contributed by atoms with Crippen LogP contribution in [-0.2, 0) is 0 Å². The molecule has 0 amide bonds. The summed E-state index contributed by atoms with van der Waals surface area (Å²) in [6.45, 7) is 2.79. The molecule has 0 aliphatic carbocycles. The monoisotopic (exact) mass is 334 g/mol. The van der Waals surface area contributed by atoms with Gasteiger partial charge in [0.2, 0.25) is 0 Å². The molecule has 1 aromatic rings. The minimum absolute atomic E-state index is 0.0312. The van der Waals surface area contributed by atoms with Crippen molar-refractivity contribution in [2.24, 2.45) is 5.73 Å². The van der Waals surface area contributed by atoms with E-state index in [0.29, 0.717) is 12.6 Å². The molecule has 0 fully saturated rings. The fourth-order valence-electron chi connectivity index (χ4n) is 1.89. The van der Waals surface area contributed by atoms with E-state index in [1.165, 1.54) is 0 Å². The Labute approximate surface area is 122 Å². The van der Waals surface area contributed by atoms with Crippen LogP contribution in [0.15, 0.2) is 22.7 Å². The minimum Gasteiger partial charge on any atom is -0.396 e. The predicted molar refractivity (Wildman–Crippen MR) is 79.9 cm³/mol. The molecule has 0 saturated heterocycles. The maximum absolute atomic E-state index is 8.82. The number of aliphatic hydroxyl groups is 1. The second-order valence-electron chi connectivity index (χ2n) is 4.39. The van der Waals surface area contributed by atoms with Crippen molar-refractivity contribution in [3.05, 3.63) is 33.3 Å². The molecular formula is C13H20BrClN2O. The van der Waals surface area contributed by atoms with Crippen LogP contribution >= 0.6 is 27.5 Å². The van der Waals surface area contributed by atoms with Crippen LogP contribution in [0.2, 0.25) is 5.02 Å². The van der Waals surface area contributed by atoms with E-state index in [0.717, 1.165) is 27.9 Å². The van der Waals surface area contributed by atoms with Crippen LogP contribution in [0.25, 0.3) is 0 Å². The summed E-state index contributed by atoms with van der Waals surface area (Å²) in [6, 6.07) is 6.09. The fraction of sp³-hybridized carbons (Fsp3) is 0.538. The van der Waals surface area contributed by atoms with Gasteiger partial charge in [0.1, 0.15) is 0 Å². The number of halogens is 2. The predicted octanol–water partition coefficient (Wildman–Crippen LogP) is 2.85. The summed E-state index contributed by atoms with van der Waals surface area (Å²) in [7, 11) is 0. The van der Waals surface area contributed by atoms with Crippen LogP contribution in [0.5, 0.6) is 0 Å². The van der Waals surface area contributed by atoms with Crippen molar-refractivity contribution in [1.29, 1.82) is 0 Å². The van der Waals surface area contributed by atoms with Crippen LogP contribution in [0, 0.1) is 0 Å². The molecule has 0 spiro atoms. The van der Waals surface area contributed by atoms with E-state index in [9.17, 15) is 0 Å². The molecular weight excluding hydrogens is 316 g/mol. The SMILES string of the molecule is CC(CCCO)NC(CN)c1cc(Br)ccc1Cl. The maximum atomic E-state index is 8.82. The summed E-state index contributed by atoms with van der Waals surface area (Å²) in [5.41, 5.74) is 6.82. The molecule has 18 heavy (non-hydrogen) atoms. The largest absolute Gasteiger partial charge is 0.396 e. The standard InChI is InChI=1S/C13H20BrClN2O/c1-9(3-2-6-18)17-13(8-16)11-7-10(14)4-5-12(11)15/h4-5,7,9,13,17-18H,2-3,6,8,16H2,1H3. The third-order valence-corrected chi connectivity index (χ3v) is 3.69. The van der Waals surface area contributed by atoms with Gasteiger partial charge in [0.05, 0.1) is 0 Å². The normalized spacial score (nSPS) is 14.5. The van der Waals surface area contributed by atoms with Crippen molar-refractivity contribution in [3.63, 3.8) is 0 Å². The summed E-state index contributed by atoms with van der Waals surface area (Å²) >= 11 is 9.64. The molecule has 4 N–H and O–H groups in total. The summed E-state index contributed by atoms with van der Waals surface area (Å²) in [5, 5.41) is 13.0. The van der Waals surface area contributed by atoms with E-state index in [1.54, 1.807) is 0 Å². The lowest BCUT2D eigenvalue weighted by atomic mass is 10.0. The minimum atomic E-state index is 0.0312. The van der Waals surface area contributed by atoms with Crippen LogP contribution in [0.3, 0.4) is 0 Å². The number of nitrogens with two attached hydrogens (primary N) is 1. The van der Waals surface area contributed by atoms with Crippen molar-refractivity contribution >= 4 is 27.5 Å². The van der Waals surface area contributed by atoms with Crippen molar-refractivity contribution in [3.8, 4) is 0 Å². The van der Waals surface area contributed by atoms with Gasteiger partial charge in [-0.1, -0.05) is 27.5 Å². The highest BCUT2D eigenvalue weighted by Gasteiger charge is 2.15. The van der Waals surface area contributed by atoms with Gasteiger partial charge in [0.15, 0.2) is 0 Å². The van der Waals surface area contributed by atoms with Gasteiger partial charge in [-0.25, -0.2) is 0 Å². The molecule has 2 unspecified atom stereocenters. The topological polar surface area (TPSA) is 58.3 Å². The first-order valence-corrected chi connectivity index (χ1v) is 7.27. The van der Waals surface area contributed by atoms with Crippen LogP contribution in [-0.4, -0.2) is 24.3 Å². The molecule has 3 nitrogen and oxygen atoms in total. The van der Waals surface area contributed by atoms with Gasteiger partial charge in [-0.15, -0.1) is 0 Å². The van der Waals surface area contributed by atoms with E-state index in [4.69, 9.17) is 22.4 Å². The molecule has 0 saturated carbocycles. The van der Waals surface area contributed by atoms with Crippen molar-refractivity contribution in [2.45, 2.75) is 31.8 Å². The second kappa shape index (κ2) is 8.12. The Balaban J connectivity index is 2.73. The smallest absolute Gasteiger partial charge is 0.0461 e. The van der Waals surface area contributed by atoms with Crippen molar-refractivity contribution < 1.29 is 5.11 Å². The first-order valence-electron chi connectivity index (χ1n) is 6.10. The lowest BCUT2D eigenvalue weighted by molar-refractivity contribution is 0.274. The van der Waals surface area contributed by atoms with Gasteiger partial charge in [-0.3, -0.25) is 0 Å². The molecule has 1 aromatic carbocycles. The lowest BCUT2D eigenvalue weighted by Crippen LogP contribution is -2.35. The van der Waals surface area contributed by atoms with Gasteiger partial charge in [-0.05, 0) is 43.5 Å². The van der Waals surface area contributed by atoms with E-state index >= 15 is 0 Å². The zero-order chi connectivity index (χ0) is 13.5. The third kappa shape index (κ3) is 4.86. The van der Waals surface area contributed by atoms with E-state index in [2.05, 4.69) is 28.2 Å². The Morgan fingerprint density at radius 1 is 1.50 bits per heavy atom. The fourth-order valence-corrected chi connectivity index (χ4v) is 2.52. The van der Waals surface area contributed by atoms with Crippen LogP contribution in [0.1, 0.15) is 31.4 Å². The number of nitrogens with one attached hydrogen (secondary N) is 1. The highest BCUT2D eigenvalue weighted by molar-refractivity contribution is 9.10. The third-order valence-electron chi connectivity index (χ3n) is 2.85. The second-order valence-corrected chi connectivity index (χ2v) is 5.71. The van der Waals surface area contributed by atoms with E-state index < -0.39 is 0 Å². The van der Waals surface area contributed by atoms with Gasteiger partial charge in [0.25, 0.3) is 0 Å². The Hall–Kier alpha value is -0.130. The van der Waals surface area contributed by atoms with Crippen molar-refractivity contribution in [1.82, 2.24) is 5.32 Å². The summed E-state index contributed by atoms with van der Waals surface area (Å²) < 4.78 is 0.991. The number of hydrogen-bond acceptors (Lipinski definition) is 3. The van der Waals surface area contributed by atoms with Crippen LogP contribution in [0.4, 0.5) is 0 Å². The van der Waals surface area contributed by atoms with Crippen LogP contribution < -0.4 is 11.1 Å². The number of aliphatic hydroxyl groups excluding tert-OH is 1. The molecule has 2 atom stereocenters. The van der Waals surface area contributed by atoms with Gasteiger partial charge < -0.3 is 16.2 Å². The number of rotatable bonds is 7. The molecule has 5 heteroatoms. The first-order chi connectivity index (χ1) is 8.58. The zero-order valence-electron chi connectivity index (χ0n) is 10.5. The Bertz CT molecular complexity index is 376. The summed E-state index contributed by atoms with van der Waals surface area (Å²) in [4.78, 5) is 0. The molecule has 102 valence electrons. The van der Waals surface area contributed by atoms with E-state index in [1.807, 2.05) is 18.2 Å². The average molecular weight is 336 g/mol. The molecule has 0 aliphatic heterocycles. The number of benzene rings is 1. The average Bonchev–Trinajstić information content (AvgIpc) is 2.36. The molecule has 0 radical (unpaired) electrons. The quantitative estimate of drug-likeness (QED) is 0.718. The lowest BCUT2D eigenvalue weighted by Gasteiger charge is -2.23.